The molecule has 0 aliphatic carbocycles. The molecule has 0 saturated carbocycles. The molecule has 0 radical (unpaired) electrons. The van der Waals surface area contributed by atoms with Crippen LogP contribution >= 0.6 is 0 Å². The number of benzene rings is 1. The van der Waals surface area contributed by atoms with Crippen LogP contribution in [0.4, 0.5) is 10.1 Å². The monoisotopic (exact) mass is 262 g/mol. The number of hydrogen-bond acceptors (Lipinski definition) is 3. The van der Waals surface area contributed by atoms with Gasteiger partial charge in [-0.3, -0.25) is 9.48 Å². The van der Waals surface area contributed by atoms with E-state index < -0.39 is 11.9 Å². The number of primary amides is 1. The molecule has 1 aromatic heterocycles. The van der Waals surface area contributed by atoms with Gasteiger partial charge in [-0.2, -0.15) is 5.10 Å². The fraction of sp³-hybridized carbons (Fsp3) is 0.231. The summed E-state index contributed by atoms with van der Waals surface area (Å²) in [7, 11) is 1.74. The van der Waals surface area contributed by atoms with Gasteiger partial charge in [-0.25, -0.2) is 4.39 Å². The first-order chi connectivity index (χ1) is 8.95. The summed E-state index contributed by atoms with van der Waals surface area (Å²) < 4.78 is 14.9. The zero-order chi connectivity index (χ0) is 14.0. The van der Waals surface area contributed by atoms with Gasteiger partial charge in [0.2, 0.25) is 5.91 Å². The van der Waals surface area contributed by atoms with Crippen LogP contribution < -0.4 is 11.1 Å². The largest absolute Gasteiger partial charge is 0.370 e. The first-order valence-electron chi connectivity index (χ1n) is 5.77. The summed E-state index contributed by atoms with van der Waals surface area (Å²) >= 11 is 0. The van der Waals surface area contributed by atoms with E-state index in [0.717, 1.165) is 5.56 Å². The predicted octanol–water partition coefficient (Wildman–Crippen LogP) is 1.51. The van der Waals surface area contributed by atoms with Crippen LogP contribution in [-0.4, -0.2) is 15.7 Å². The summed E-state index contributed by atoms with van der Waals surface area (Å²) in [4.78, 5) is 11.5. The average Bonchev–Trinajstić information content (AvgIpc) is 2.70. The molecular formula is C13H15FN4O. The maximum atomic E-state index is 13.3. The molecule has 0 spiro atoms. The van der Waals surface area contributed by atoms with E-state index in [1.165, 1.54) is 12.1 Å². The van der Waals surface area contributed by atoms with Crippen molar-refractivity contribution in [2.24, 2.45) is 12.8 Å². The third-order valence-corrected chi connectivity index (χ3v) is 2.70. The molecular weight excluding hydrogens is 247 g/mol. The van der Waals surface area contributed by atoms with Gasteiger partial charge in [0.15, 0.2) is 0 Å². The van der Waals surface area contributed by atoms with Crippen LogP contribution in [0.25, 0.3) is 0 Å². The van der Waals surface area contributed by atoms with Crippen molar-refractivity contribution < 1.29 is 9.18 Å². The number of amides is 1. The zero-order valence-corrected chi connectivity index (χ0v) is 10.7. The Bertz CT molecular complexity index is 588. The second-order valence-corrected chi connectivity index (χ2v) is 4.44. The Morgan fingerprint density at radius 3 is 2.74 bits per heavy atom. The quantitative estimate of drug-likeness (QED) is 0.877. The molecule has 1 heterocycles. The molecule has 1 amide bonds. The fourth-order valence-corrected chi connectivity index (χ4v) is 1.89. The van der Waals surface area contributed by atoms with Crippen LogP contribution in [0, 0.1) is 12.7 Å². The summed E-state index contributed by atoms with van der Waals surface area (Å²) in [5.41, 5.74) is 7.27. The first-order valence-corrected chi connectivity index (χ1v) is 5.77. The van der Waals surface area contributed by atoms with E-state index in [1.807, 2.05) is 0 Å². The Labute approximate surface area is 110 Å². The second kappa shape index (κ2) is 5.09. The lowest BCUT2D eigenvalue weighted by Gasteiger charge is -2.15. The minimum absolute atomic E-state index is 0.364. The highest BCUT2D eigenvalue weighted by Crippen LogP contribution is 2.21. The van der Waals surface area contributed by atoms with Crippen molar-refractivity contribution in [1.82, 2.24) is 9.78 Å². The molecule has 0 fully saturated rings. The minimum Gasteiger partial charge on any atom is -0.370 e. The molecule has 0 aliphatic heterocycles. The van der Waals surface area contributed by atoms with E-state index in [2.05, 4.69) is 10.4 Å². The second-order valence-electron chi connectivity index (χ2n) is 4.44. The molecule has 3 N–H and O–H groups in total. The van der Waals surface area contributed by atoms with E-state index in [4.69, 9.17) is 5.73 Å². The lowest BCUT2D eigenvalue weighted by molar-refractivity contribution is -0.118. The standard InChI is InChI=1S/C13H15FN4O/c1-8-3-10(14)5-11(4-8)17-12(13(15)19)9-6-16-18(2)7-9/h3-7,12,17H,1-2H3,(H2,15,19). The van der Waals surface area contributed by atoms with Crippen molar-refractivity contribution in [2.75, 3.05) is 5.32 Å². The molecule has 0 bridgehead atoms. The van der Waals surface area contributed by atoms with E-state index in [9.17, 15) is 9.18 Å². The predicted molar refractivity (Wildman–Crippen MR) is 69.9 cm³/mol. The normalized spacial score (nSPS) is 12.2. The summed E-state index contributed by atoms with van der Waals surface area (Å²) in [5, 5.41) is 6.91. The molecule has 0 aliphatic rings. The molecule has 2 aromatic rings. The zero-order valence-electron chi connectivity index (χ0n) is 10.7. The Hall–Kier alpha value is -2.37. The molecule has 2 rings (SSSR count). The van der Waals surface area contributed by atoms with E-state index in [0.29, 0.717) is 11.3 Å². The van der Waals surface area contributed by atoms with Crippen molar-refractivity contribution in [3.63, 3.8) is 0 Å². The number of nitrogens with zero attached hydrogens (tertiary/aromatic N) is 2. The summed E-state index contributed by atoms with van der Waals surface area (Å²) in [6, 6.07) is 3.73. The highest BCUT2D eigenvalue weighted by molar-refractivity contribution is 5.84. The fourth-order valence-electron chi connectivity index (χ4n) is 1.89. The number of nitrogens with one attached hydrogen (secondary N) is 1. The number of rotatable bonds is 4. The van der Waals surface area contributed by atoms with Crippen molar-refractivity contribution in [3.05, 3.63) is 47.5 Å². The number of anilines is 1. The Kier molecular flexibility index (Phi) is 3.50. The third kappa shape index (κ3) is 3.09. The van der Waals surface area contributed by atoms with Gasteiger partial charge in [0.25, 0.3) is 0 Å². The number of carbonyl (C=O) groups is 1. The number of halogens is 1. The molecule has 6 heteroatoms. The summed E-state index contributed by atoms with van der Waals surface area (Å²) in [6.07, 6.45) is 3.24. The van der Waals surface area contributed by atoms with Crippen molar-refractivity contribution in [3.8, 4) is 0 Å². The Morgan fingerprint density at radius 2 is 2.21 bits per heavy atom. The van der Waals surface area contributed by atoms with Gasteiger partial charge in [-0.1, -0.05) is 0 Å². The van der Waals surface area contributed by atoms with Gasteiger partial charge < -0.3 is 11.1 Å². The molecule has 5 nitrogen and oxygen atoms in total. The van der Waals surface area contributed by atoms with Crippen molar-refractivity contribution >= 4 is 11.6 Å². The number of nitrogens with two attached hydrogens (primary N) is 1. The number of aromatic nitrogens is 2. The van der Waals surface area contributed by atoms with Gasteiger partial charge in [-0.05, 0) is 30.7 Å². The minimum atomic E-state index is -0.741. The van der Waals surface area contributed by atoms with Gasteiger partial charge >= 0.3 is 0 Å². The van der Waals surface area contributed by atoms with Crippen LogP contribution in [0.1, 0.15) is 17.2 Å². The van der Waals surface area contributed by atoms with Crippen LogP contribution in [-0.2, 0) is 11.8 Å². The maximum Gasteiger partial charge on any atom is 0.244 e. The number of carbonyl (C=O) groups excluding carboxylic acids is 1. The molecule has 1 atom stereocenters. The Morgan fingerprint density at radius 1 is 1.47 bits per heavy atom. The van der Waals surface area contributed by atoms with Crippen LogP contribution in [0.5, 0.6) is 0 Å². The van der Waals surface area contributed by atoms with Gasteiger partial charge in [0.05, 0.1) is 6.20 Å². The van der Waals surface area contributed by atoms with Gasteiger partial charge in [0, 0.05) is 24.5 Å². The molecule has 100 valence electrons. The molecule has 0 saturated heterocycles. The summed E-state index contributed by atoms with van der Waals surface area (Å²) in [6.45, 7) is 1.78. The molecule has 1 aromatic carbocycles. The van der Waals surface area contributed by atoms with Gasteiger partial charge in [0.1, 0.15) is 11.9 Å². The molecule has 19 heavy (non-hydrogen) atoms. The first kappa shape index (κ1) is 13.1. The number of hydrogen-bond donors (Lipinski definition) is 2. The number of aryl methyl sites for hydroxylation is 2. The van der Waals surface area contributed by atoms with E-state index >= 15 is 0 Å². The smallest absolute Gasteiger partial charge is 0.244 e. The lowest BCUT2D eigenvalue weighted by Crippen LogP contribution is -2.27. The average molecular weight is 262 g/mol. The lowest BCUT2D eigenvalue weighted by atomic mass is 10.1. The van der Waals surface area contributed by atoms with Crippen LogP contribution in [0.3, 0.4) is 0 Å². The topological polar surface area (TPSA) is 72.9 Å². The van der Waals surface area contributed by atoms with Crippen LogP contribution in [0.15, 0.2) is 30.6 Å². The van der Waals surface area contributed by atoms with Crippen LogP contribution in [0.2, 0.25) is 0 Å². The van der Waals surface area contributed by atoms with Crippen molar-refractivity contribution in [1.29, 1.82) is 0 Å². The summed E-state index contributed by atoms with van der Waals surface area (Å²) in [5.74, 6) is -0.910. The SMILES string of the molecule is Cc1cc(F)cc(NC(C(N)=O)c2cnn(C)c2)c1. The highest BCUT2D eigenvalue weighted by Gasteiger charge is 2.19. The molecule has 1 unspecified atom stereocenters. The third-order valence-electron chi connectivity index (χ3n) is 2.70. The van der Waals surface area contributed by atoms with E-state index in [1.54, 1.807) is 37.1 Å². The Balaban J connectivity index is 2.29. The highest BCUT2D eigenvalue weighted by atomic mass is 19.1. The van der Waals surface area contributed by atoms with Gasteiger partial charge in [-0.15, -0.1) is 0 Å². The maximum absolute atomic E-state index is 13.3. The van der Waals surface area contributed by atoms with E-state index in [-0.39, 0.29) is 5.82 Å². The van der Waals surface area contributed by atoms with Crippen molar-refractivity contribution in [2.45, 2.75) is 13.0 Å².